The van der Waals surface area contributed by atoms with E-state index in [0.717, 1.165) is 5.58 Å². The molecule has 1 N–H and O–H groups in total. The van der Waals surface area contributed by atoms with E-state index in [9.17, 15) is 0 Å². The molecule has 2 nitrogen and oxygen atoms in total. The van der Waals surface area contributed by atoms with Crippen LogP contribution in [0.3, 0.4) is 0 Å². The lowest BCUT2D eigenvalue weighted by Crippen LogP contribution is -2.12. The Morgan fingerprint density at radius 1 is 1.36 bits per heavy atom. The molecule has 2 rings (SSSR count). The minimum absolute atomic E-state index is 0.356. The fraction of sp³-hybridized carbons (Fsp3) is 0.333. The zero-order chi connectivity index (χ0) is 10.1. The van der Waals surface area contributed by atoms with Crippen molar-refractivity contribution in [3.63, 3.8) is 0 Å². The van der Waals surface area contributed by atoms with Gasteiger partial charge in [0.15, 0.2) is 0 Å². The van der Waals surface area contributed by atoms with Gasteiger partial charge in [-0.3, -0.25) is 0 Å². The quantitative estimate of drug-likeness (QED) is 0.785. The molecule has 0 radical (unpaired) electrons. The zero-order valence-corrected chi connectivity index (χ0v) is 8.79. The number of benzene rings is 1. The smallest absolute Gasteiger partial charge is 0.134 e. The summed E-state index contributed by atoms with van der Waals surface area (Å²) in [7, 11) is 1.97. The third-order valence-corrected chi connectivity index (χ3v) is 2.71. The predicted octanol–water partition coefficient (Wildman–Crippen LogP) is 3.02. The van der Waals surface area contributed by atoms with Crippen molar-refractivity contribution in [2.45, 2.75) is 19.9 Å². The van der Waals surface area contributed by atoms with E-state index in [1.807, 2.05) is 25.4 Å². The molecule has 1 atom stereocenters. The van der Waals surface area contributed by atoms with Crippen molar-refractivity contribution in [2.75, 3.05) is 7.05 Å². The van der Waals surface area contributed by atoms with Gasteiger partial charge in [-0.15, -0.1) is 0 Å². The van der Waals surface area contributed by atoms with Crippen molar-refractivity contribution < 1.29 is 4.42 Å². The molecule has 1 aromatic heterocycles. The third-order valence-electron chi connectivity index (χ3n) is 2.71. The van der Waals surface area contributed by atoms with E-state index in [2.05, 4.69) is 25.2 Å². The van der Waals surface area contributed by atoms with Crippen LogP contribution in [0.1, 0.15) is 24.1 Å². The standard InChI is InChI=1S/C12H15NO/c1-8-7-14-11-6-4-5-10(12(8)11)9(2)13-3/h4-7,9,13H,1-3H3. The first-order valence-corrected chi connectivity index (χ1v) is 4.88. The maximum atomic E-state index is 5.46. The van der Waals surface area contributed by atoms with Gasteiger partial charge in [-0.25, -0.2) is 0 Å². The van der Waals surface area contributed by atoms with Gasteiger partial charge in [0.1, 0.15) is 5.58 Å². The Morgan fingerprint density at radius 3 is 2.86 bits per heavy atom. The van der Waals surface area contributed by atoms with Crippen molar-refractivity contribution in [3.05, 3.63) is 35.6 Å². The Kier molecular flexibility index (Phi) is 2.30. The van der Waals surface area contributed by atoms with Gasteiger partial charge in [0, 0.05) is 11.4 Å². The van der Waals surface area contributed by atoms with E-state index in [1.54, 1.807) is 0 Å². The molecule has 0 bridgehead atoms. The number of nitrogens with one attached hydrogen (secondary N) is 1. The second kappa shape index (κ2) is 3.46. The van der Waals surface area contributed by atoms with Gasteiger partial charge in [-0.1, -0.05) is 12.1 Å². The van der Waals surface area contributed by atoms with Crippen LogP contribution in [-0.4, -0.2) is 7.05 Å². The van der Waals surface area contributed by atoms with Gasteiger partial charge < -0.3 is 9.73 Å². The summed E-state index contributed by atoms with van der Waals surface area (Å²) in [4.78, 5) is 0. The van der Waals surface area contributed by atoms with E-state index in [4.69, 9.17) is 4.42 Å². The van der Waals surface area contributed by atoms with Gasteiger partial charge in [0.05, 0.1) is 6.26 Å². The van der Waals surface area contributed by atoms with Crippen LogP contribution in [0.2, 0.25) is 0 Å². The summed E-state index contributed by atoms with van der Waals surface area (Å²) in [6.07, 6.45) is 1.82. The summed E-state index contributed by atoms with van der Waals surface area (Å²) in [6.45, 7) is 4.24. The molecule has 0 amide bonds. The van der Waals surface area contributed by atoms with Crippen molar-refractivity contribution in [1.29, 1.82) is 0 Å². The van der Waals surface area contributed by atoms with Crippen LogP contribution >= 0.6 is 0 Å². The largest absolute Gasteiger partial charge is 0.464 e. The Balaban J connectivity index is 2.69. The number of fused-ring (bicyclic) bond motifs is 1. The summed E-state index contributed by atoms with van der Waals surface area (Å²) >= 11 is 0. The van der Waals surface area contributed by atoms with Crippen LogP contribution in [0.4, 0.5) is 0 Å². The number of hydrogen-bond acceptors (Lipinski definition) is 2. The topological polar surface area (TPSA) is 25.2 Å². The minimum atomic E-state index is 0.356. The molecule has 0 aliphatic heterocycles. The Morgan fingerprint density at radius 2 is 2.14 bits per heavy atom. The summed E-state index contributed by atoms with van der Waals surface area (Å²) < 4.78 is 5.46. The van der Waals surface area contributed by atoms with E-state index in [-0.39, 0.29) is 0 Å². The third kappa shape index (κ3) is 1.32. The monoisotopic (exact) mass is 189 g/mol. The summed E-state index contributed by atoms with van der Waals surface area (Å²) in [6, 6.07) is 6.55. The Hall–Kier alpha value is -1.28. The first-order chi connectivity index (χ1) is 6.74. The van der Waals surface area contributed by atoms with E-state index in [0.29, 0.717) is 6.04 Å². The molecule has 0 saturated heterocycles. The Labute approximate surface area is 83.9 Å². The fourth-order valence-electron chi connectivity index (χ4n) is 1.80. The van der Waals surface area contributed by atoms with Crippen molar-refractivity contribution in [3.8, 4) is 0 Å². The number of hydrogen-bond donors (Lipinski definition) is 1. The van der Waals surface area contributed by atoms with Gasteiger partial charge in [-0.2, -0.15) is 0 Å². The average molecular weight is 189 g/mol. The highest BCUT2D eigenvalue weighted by Crippen LogP contribution is 2.28. The summed E-state index contributed by atoms with van der Waals surface area (Å²) in [5.74, 6) is 0. The fourth-order valence-corrected chi connectivity index (χ4v) is 1.80. The maximum absolute atomic E-state index is 5.46. The summed E-state index contributed by atoms with van der Waals surface area (Å²) in [5, 5.41) is 4.49. The number of aryl methyl sites for hydroxylation is 1. The lowest BCUT2D eigenvalue weighted by atomic mass is 10.0. The SMILES string of the molecule is CNC(C)c1cccc2occ(C)c12. The van der Waals surface area contributed by atoms with Crippen LogP contribution < -0.4 is 5.32 Å². The summed E-state index contributed by atoms with van der Waals surface area (Å²) in [5.41, 5.74) is 3.48. The molecule has 0 spiro atoms. The lowest BCUT2D eigenvalue weighted by Gasteiger charge is -2.11. The second-order valence-electron chi connectivity index (χ2n) is 3.65. The van der Waals surface area contributed by atoms with E-state index >= 15 is 0 Å². The molecule has 14 heavy (non-hydrogen) atoms. The molecule has 1 aromatic carbocycles. The number of furan rings is 1. The van der Waals surface area contributed by atoms with Crippen molar-refractivity contribution in [2.24, 2.45) is 0 Å². The molecule has 0 aliphatic carbocycles. The molecule has 1 heterocycles. The number of rotatable bonds is 2. The van der Waals surface area contributed by atoms with Gasteiger partial charge in [0.25, 0.3) is 0 Å². The van der Waals surface area contributed by atoms with Crippen LogP contribution in [0.25, 0.3) is 11.0 Å². The predicted molar refractivity (Wildman–Crippen MR) is 58.4 cm³/mol. The van der Waals surface area contributed by atoms with Crippen LogP contribution in [0.5, 0.6) is 0 Å². The van der Waals surface area contributed by atoms with Crippen LogP contribution in [-0.2, 0) is 0 Å². The van der Waals surface area contributed by atoms with E-state index < -0.39 is 0 Å². The van der Waals surface area contributed by atoms with Crippen LogP contribution in [0.15, 0.2) is 28.9 Å². The van der Waals surface area contributed by atoms with Gasteiger partial charge >= 0.3 is 0 Å². The molecule has 0 fully saturated rings. The highest BCUT2D eigenvalue weighted by atomic mass is 16.3. The molecule has 0 saturated carbocycles. The molecule has 0 aliphatic rings. The molecular weight excluding hydrogens is 174 g/mol. The highest BCUT2D eigenvalue weighted by Gasteiger charge is 2.11. The second-order valence-corrected chi connectivity index (χ2v) is 3.65. The molecular formula is C12H15NO. The molecule has 1 unspecified atom stereocenters. The van der Waals surface area contributed by atoms with Gasteiger partial charge in [-0.05, 0) is 38.1 Å². The first kappa shape index (κ1) is 9.28. The minimum Gasteiger partial charge on any atom is -0.464 e. The molecule has 2 heteroatoms. The molecule has 2 aromatic rings. The normalized spacial score (nSPS) is 13.4. The Bertz CT molecular complexity index is 445. The highest BCUT2D eigenvalue weighted by molar-refractivity contribution is 5.84. The van der Waals surface area contributed by atoms with E-state index in [1.165, 1.54) is 16.5 Å². The first-order valence-electron chi connectivity index (χ1n) is 4.88. The van der Waals surface area contributed by atoms with Crippen molar-refractivity contribution in [1.82, 2.24) is 5.32 Å². The van der Waals surface area contributed by atoms with Crippen LogP contribution in [0, 0.1) is 6.92 Å². The van der Waals surface area contributed by atoms with Gasteiger partial charge in [0.2, 0.25) is 0 Å². The maximum Gasteiger partial charge on any atom is 0.134 e. The zero-order valence-electron chi connectivity index (χ0n) is 8.79. The average Bonchev–Trinajstić information content (AvgIpc) is 2.59. The molecule has 74 valence electrons. The van der Waals surface area contributed by atoms with Crippen molar-refractivity contribution >= 4 is 11.0 Å². The lowest BCUT2D eigenvalue weighted by molar-refractivity contribution is 0.612.